The lowest BCUT2D eigenvalue weighted by molar-refractivity contribution is -0.119. The zero-order valence-electron chi connectivity index (χ0n) is 14.8. The maximum atomic E-state index is 12.8. The average molecular weight is 355 g/mol. The quantitative estimate of drug-likeness (QED) is 0.838. The van der Waals surface area contributed by atoms with Crippen molar-refractivity contribution in [3.05, 3.63) is 30.3 Å². The van der Waals surface area contributed by atoms with Crippen LogP contribution in [0.5, 0.6) is 0 Å². The second kappa shape index (κ2) is 7.07. The van der Waals surface area contributed by atoms with Gasteiger partial charge in [-0.05, 0) is 37.9 Å². The molecule has 2 amide bonds. The monoisotopic (exact) mass is 355 g/mol. The van der Waals surface area contributed by atoms with Gasteiger partial charge in [0.25, 0.3) is 5.91 Å². The molecule has 0 radical (unpaired) electrons. The third-order valence-corrected chi connectivity index (χ3v) is 5.69. The van der Waals surface area contributed by atoms with Gasteiger partial charge in [-0.2, -0.15) is 5.10 Å². The summed E-state index contributed by atoms with van der Waals surface area (Å²) in [6, 6.07) is 9.34. The van der Waals surface area contributed by atoms with Crippen LogP contribution in [0.25, 0.3) is 0 Å². The maximum absolute atomic E-state index is 12.8. The number of nitrogens with one attached hydrogen (secondary N) is 1. The first-order valence-electron chi connectivity index (χ1n) is 9.39. The number of benzene rings is 1. The Morgan fingerprint density at radius 3 is 2.69 bits per heavy atom. The molecule has 0 bridgehead atoms. The molecule has 0 spiro atoms. The molecule has 0 saturated carbocycles. The second-order valence-electron chi connectivity index (χ2n) is 7.32. The molecule has 2 saturated heterocycles. The number of amides is 2. The van der Waals surface area contributed by atoms with Crippen LogP contribution in [0, 0.1) is 0 Å². The molecule has 26 heavy (non-hydrogen) atoms. The number of carbonyl (C=O) groups excluding carboxylic acids is 2. The number of hydrogen-bond donors (Lipinski definition) is 2. The number of nitrogens with zero attached hydrogens (tertiary/aromatic N) is 3. The van der Waals surface area contributed by atoms with Crippen LogP contribution in [-0.2, 0) is 9.59 Å². The van der Waals surface area contributed by atoms with E-state index in [9.17, 15) is 9.59 Å². The van der Waals surface area contributed by atoms with Gasteiger partial charge >= 0.3 is 0 Å². The van der Waals surface area contributed by atoms with Gasteiger partial charge in [0, 0.05) is 25.0 Å². The van der Waals surface area contributed by atoms with Crippen molar-refractivity contribution in [2.24, 2.45) is 10.8 Å². The smallest absolute Gasteiger partial charge is 0.267 e. The highest BCUT2D eigenvalue weighted by Gasteiger charge is 2.39. The predicted octanol–water partition coefficient (Wildman–Crippen LogP) is 0.850. The summed E-state index contributed by atoms with van der Waals surface area (Å²) in [4.78, 5) is 27.1. The third kappa shape index (κ3) is 3.19. The minimum absolute atomic E-state index is 0.170. The van der Waals surface area contributed by atoms with Gasteiger partial charge in [0.1, 0.15) is 11.8 Å². The van der Waals surface area contributed by atoms with E-state index >= 15 is 0 Å². The Balaban J connectivity index is 1.48. The Hall–Kier alpha value is -2.41. The summed E-state index contributed by atoms with van der Waals surface area (Å²) >= 11 is 0. The molecular formula is C19H25N5O2. The number of para-hydroxylation sites is 1. The van der Waals surface area contributed by atoms with Crippen LogP contribution in [0.1, 0.15) is 32.1 Å². The molecular weight excluding hydrogens is 330 g/mol. The van der Waals surface area contributed by atoms with Crippen molar-refractivity contribution in [2.45, 2.75) is 50.2 Å². The Bertz CT molecular complexity index is 720. The summed E-state index contributed by atoms with van der Waals surface area (Å²) < 4.78 is 0. The summed E-state index contributed by atoms with van der Waals surface area (Å²) in [5, 5.41) is 9.16. The molecule has 7 nitrogen and oxygen atoms in total. The highest BCUT2D eigenvalue weighted by atomic mass is 16.2. The molecule has 1 aromatic carbocycles. The zero-order valence-corrected chi connectivity index (χ0v) is 14.8. The van der Waals surface area contributed by atoms with Crippen LogP contribution in [0.3, 0.4) is 0 Å². The number of rotatable bonds is 4. The maximum Gasteiger partial charge on any atom is 0.267 e. The number of piperidine rings is 1. The van der Waals surface area contributed by atoms with Gasteiger partial charge in [0.05, 0.1) is 5.69 Å². The largest absolute Gasteiger partial charge is 0.368 e. The van der Waals surface area contributed by atoms with Crippen LogP contribution in [0.2, 0.25) is 0 Å². The number of nitrogens with two attached hydrogens (primary N) is 1. The molecule has 3 unspecified atom stereocenters. The molecule has 0 aromatic heterocycles. The van der Waals surface area contributed by atoms with Crippen LogP contribution in [0.4, 0.5) is 5.69 Å². The van der Waals surface area contributed by atoms with Crippen molar-refractivity contribution < 1.29 is 9.59 Å². The van der Waals surface area contributed by atoms with Gasteiger partial charge in [-0.15, -0.1) is 0 Å². The molecule has 3 heterocycles. The standard InChI is InChI=1S/C19H25N5O2/c20-18(25)17-12-15(22-24(17)13-6-2-1-3-7-13)19(26)21-14-9-11-23-10-5-4-8-16(14)23/h1-3,6-7,14,16-17H,4-5,8-12H2,(H2,20,25)(H,21,26). The number of hydrazone groups is 1. The summed E-state index contributed by atoms with van der Waals surface area (Å²) in [5.41, 5.74) is 6.69. The first kappa shape index (κ1) is 17.0. The Morgan fingerprint density at radius 2 is 1.92 bits per heavy atom. The van der Waals surface area contributed by atoms with Crippen LogP contribution < -0.4 is 16.1 Å². The van der Waals surface area contributed by atoms with E-state index < -0.39 is 11.9 Å². The van der Waals surface area contributed by atoms with Crippen LogP contribution in [0.15, 0.2) is 35.4 Å². The third-order valence-electron chi connectivity index (χ3n) is 5.69. The predicted molar refractivity (Wildman–Crippen MR) is 99.7 cm³/mol. The first-order valence-corrected chi connectivity index (χ1v) is 9.39. The van der Waals surface area contributed by atoms with Crippen molar-refractivity contribution in [1.82, 2.24) is 10.2 Å². The summed E-state index contributed by atoms with van der Waals surface area (Å²) in [7, 11) is 0. The van der Waals surface area contributed by atoms with Gasteiger partial charge in [-0.25, -0.2) is 0 Å². The van der Waals surface area contributed by atoms with E-state index in [4.69, 9.17) is 5.73 Å². The highest BCUT2D eigenvalue weighted by molar-refractivity contribution is 6.40. The minimum atomic E-state index is -0.618. The van der Waals surface area contributed by atoms with Crippen LogP contribution in [-0.4, -0.2) is 53.6 Å². The number of anilines is 1. The molecule has 1 aromatic rings. The number of fused-ring (bicyclic) bond motifs is 1. The van der Waals surface area contributed by atoms with Crippen molar-refractivity contribution in [3.8, 4) is 0 Å². The lowest BCUT2D eigenvalue weighted by atomic mass is 9.98. The molecule has 3 aliphatic heterocycles. The summed E-state index contributed by atoms with van der Waals surface area (Å²) in [6.45, 7) is 2.17. The van der Waals surface area contributed by atoms with Crippen LogP contribution >= 0.6 is 0 Å². The van der Waals surface area contributed by atoms with E-state index in [0.29, 0.717) is 11.8 Å². The van der Waals surface area contributed by atoms with E-state index in [-0.39, 0.29) is 18.4 Å². The first-order chi connectivity index (χ1) is 12.6. The van der Waals surface area contributed by atoms with Crippen molar-refractivity contribution >= 4 is 23.2 Å². The Morgan fingerprint density at radius 1 is 1.12 bits per heavy atom. The van der Waals surface area contributed by atoms with E-state index in [0.717, 1.165) is 31.6 Å². The fraction of sp³-hybridized carbons (Fsp3) is 0.526. The van der Waals surface area contributed by atoms with Gasteiger partial charge in [-0.3, -0.25) is 19.5 Å². The number of carbonyl (C=O) groups is 2. The van der Waals surface area contributed by atoms with Gasteiger partial charge in [0.2, 0.25) is 5.91 Å². The summed E-state index contributed by atoms with van der Waals surface area (Å²) in [6.07, 6.45) is 4.83. The van der Waals surface area contributed by atoms with E-state index in [1.165, 1.54) is 12.8 Å². The zero-order chi connectivity index (χ0) is 18.1. The molecule has 4 rings (SSSR count). The van der Waals surface area contributed by atoms with E-state index in [1.807, 2.05) is 30.3 Å². The normalized spacial score (nSPS) is 28.5. The Kier molecular flexibility index (Phi) is 4.63. The van der Waals surface area contributed by atoms with Crippen molar-refractivity contribution in [3.63, 3.8) is 0 Å². The van der Waals surface area contributed by atoms with E-state index in [2.05, 4.69) is 15.3 Å². The van der Waals surface area contributed by atoms with Gasteiger partial charge in [-0.1, -0.05) is 24.6 Å². The molecule has 2 fully saturated rings. The lowest BCUT2D eigenvalue weighted by Gasteiger charge is -2.32. The van der Waals surface area contributed by atoms with Crippen molar-refractivity contribution in [1.29, 1.82) is 0 Å². The highest BCUT2D eigenvalue weighted by Crippen LogP contribution is 2.28. The fourth-order valence-corrected chi connectivity index (χ4v) is 4.36. The molecule has 138 valence electrons. The number of hydrogen-bond acceptors (Lipinski definition) is 5. The molecule has 3 aliphatic rings. The fourth-order valence-electron chi connectivity index (χ4n) is 4.36. The second-order valence-corrected chi connectivity index (χ2v) is 7.32. The van der Waals surface area contributed by atoms with Gasteiger partial charge < -0.3 is 11.1 Å². The SMILES string of the molecule is NC(=O)C1CC(C(=O)NC2CCN3CCCCC23)=NN1c1ccccc1. The number of primary amides is 1. The molecule has 0 aliphatic carbocycles. The average Bonchev–Trinajstić information content (AvgIpc) is 3.28. The van der Waals surface area contributed by atoms with Crippen molar-refractivity contribution in [2.75, 3.05) is 18.1 Å². The Labute approximate surface area is 153 Å². The van der Waals surface area contributed by atoms with E-state index in [1.54, 1.807) is 5.01 Å². The topological polar surface area (TPSA) is 91.0 Å². The lowest BCUT2D eigenvalue weighted by Crippen LogP contribution is -2.48. The molecule has 7 heteroatoms. The summed E-state index contributed by atoms with van der Waals surface area (Å²) in [5.74, 6) is -0.646. The minimum Gasteiger partial charge on any atom is -0.368 e. The van der Waals surface area contributed by atoms with Gasteiger partial charge in [0.15, 0.2) is 0 Å². The molecule has 3 N–H and O–H groups in total. The molecule has 3 atom stereocenters.